The van der Waals surface area contributed by atoms with E-state index in [1.54, 1.807) is 40.5 Å². The highest BCUT2D eigenvalue weighted by molar-refractivity contribution is 7.17. The van der Waals surface area contributed by atoms with Gasteiger partial charge in [-0.3, -0.25) is 14.4 Å². The molecule has 0 aliphatic rings. The largest absolute Gasteiger partial charge is 0.488 e. The molecule has 3 aromatic carbocycles. The van der Waals surface area contributed by atoms with Gasteiger partial charge in [-0.25, -0.2) is 10.3 Å². The molecule has 4 amide bonds. The number of ether oxygens (including phenoxy) is 3. The molecule has 13 heteroatoms. The molecular weight excluding hydrogens is 704 g/mol. The number of urea groups is 1. The number of amides is 4. The number of hydroxylamine groups is 1. The van der Waals surface area contributed by atoms with Crippen molar-refractivity contribution in [3.05, 3.63) is 99.9 Å². The van der Waals surface area contributed by atoms with Crippen molar-refractivity contribution in [2.45, 2.75) is 85.0 Å². The number of thiophene rings is 1. The third-order valence-electron chi connectivity index (χ3n) is 7.89. The van der Waals surface area contributed by atoms with Gasteiger partial charge in [-0.1, -0.05) is 54.1 Å². The zero-order valence-corrected chi connectivity index (χ0v) is 32.1. The molecule has 3 N–H and O–H groups in total. The lowest BCUT2D eigenvalue weighted by Gasteiger charge is -2.36. The summed E-state index contributed by atoms with van der Waals surface area (Å²) in [7, 11) is 0. The maximum Gasteiger partial charge on any atom is 0.338 e. The summed E-state index contributed by atoms with van der Waals surface area (Å²) in [6.07, 6.45) is -0.523. The van der Waals surface area contributed by atoms with E-state index in [9.17, 15) is 14.4 Å². The van der Waals surface area contributed by atoms with Gasteiger partial charge in [0.2, 0.25) is 11.8 Å². The van der Waals surface area contributed by atoms with Crippen LogP contribution in [0.2, 0.25) is 5.02 Å². The fourth-order valence-corrected chi connectivity index (χ4v) is 6.55. The third-order valence-corrected chi connectivity index (χ3v) is 9.15. The molecule has 0 saturated carbocycles. The van der Waals surface area contributed by atoms with Crippen LogP contribution < -0.4 is 20.9 Å². The topological polar surface area (TPSA) is 127 Å². The second-order valence-corrected chi connectivity index (χ2v) is 14.5. The molecule has 4 aromatic rings. The minimum absolute atomic E-state index is 0.177. The Morgan fingerprint density at radius 3 is 2.21 bits per heavy atom. The average molecular weight is 753 g/mol. The van der Waals surface area contributed by atoms with E-state index in [-0.39, 0.29) is 31.0 Å². The summed E-state index contributed by atoms with van der Waals surface area (Å²) in [4.78, 5) is 47.3. The quantitative estimate of drug-likeness (QED) is 0.0738. The standard InChI is InChI=1S/C39H49ClN4O7S/c1-7-48-37(49-8-2)26(3)44(23-29-25-52-34-12-10-9-11-32(29)34)36(46)33(21-27-15-19-31(20-16-27)51-39(4,5)6)42-35(45)24-50-43-38(47)41-22-28-13-17-30(40)18-14-28/h9-20,25-26,33,37H,7-8,21-24H2,1-6H3,(H,42,45)(H2,41,43,47). The number of hydrogen-bond donors (Lipinski definition) is 3. The van der Waals surface area contributed by atoms with Gasteiger partial charge in [0.25, 0.3) is 0 Å². The number of hydrogen-bond acceptors (Lipinski definition) is 8. The van der Waals surface area contributed by atoms with E-state index in [2.05, 4.69) is 16.1 Å². The van der Waals surface area contributed by atoms with Crippen LogP contribution in [0.25, 0.3) is 10.1 Å². The maximum absolute atomic E-state index is 14.7. The van der Waals surface area contributed by atoms with E-state index in [0.717, 1.165) is 26.8 Å². The van der Waals surface area contributed by atoms with Crippen molar-refractivity contribution in [1.82, 2.24) is 21.0 Å². The lowest BCUT2D eigenvalue weighted by atomic mass is 10.0. The molecule has 4 rings (SSSR count). The van der Waals surface area contributed by atoms with Gasteiger partial charge in [0.15, 0.2) is 12.9 Å². The van der Waals surface area contributed by atoms with Crippen LogP contribution in [0.15, 0.2) is 78.2 Å². The Balaban J connectivity index is 1.54. The molecule has 1 aromatic heterocycles. The monoisotopic (exact) mass is 752 g/mol. The summed E-state index contributed by atoms with van der Waals surface area (Å²) in [5.74, 6) is -0.235. The number of nitrogens with zero attached hydrogens (tertiary/aromatic N) is 1. The average Bonchev–Trinajstić information content (AvgIpc) is 3.52. The molecule has 0 fully saturated rings. The normalized spacial score (nSPS) is 12.7. The van der Waals surface area contributed by atoms with E-state index < -0.39 is 36.9 Å². The number of benzene rings is 3. The SMILES string of the molecule is CCOC(OCC)C(C)N(Cc1csc2ccccc12)C(=O)C(Cc1ccc(OC(C)(C)C)cc1)NC(=O)CONC(=O)NCc1ccc(Cl)cc1. The highest BCUT2D eigenvalue weighted by Gasteiger charge is 2.34. The first kappa shape index (κ1) is 40.6. The Labute approximate surface area is 314 Å². The fourth-order valence-electron chi connectivity index (χ4n) is 5.47. The predicted molar refractivity (Wildman–Crippen MR) is 204 cm³/mol. The maximum atomic E-state index is 14.7. The van der Waals surface area contributed by atoms with Crippen LogP contribution in [-0.4, -0.2) is 66.5 Å². The van der Waals surface area contributed by atoms with Crippen molar-refractivity contribution in [2.24, 2.45) is 0 Å². The molecule has 2 unspecified atom stereocenters. The van der Waals surface area contributed by atoms with Crippen molar-refractivity contribution in [3.63, 3.8) is 0 Å². The van der Waals surface area contributed by atoms with Crippen molar-refractivity contribution in [1.29, 1.82) is 0 Å². The second kappa shape index (κ2) is 19.6. The van der Waals surface area contributed by atoms with Crippen LogP contribution in [0.3, 0.4) is 0 Å². The van der Waals surface area contributed by atoms with Gasteiger partial charge in [-0.05, 0) is 99.3 Å². The van der Waals surface area contributed by atoms with Crippen molar-refractivity contribution < 1.29 is 33.4 Å². The van der Waals surface area contributed by atoms with Gasteiger partial charge < -0.3 is 29.7 Å². The van der Waals surface area contributed by atoms with Crippen LogP contribution in [0.1, 0.15) is 58.2 Å². The zero-order valence-electron chi connectivity index (χ0n) is 30.6. The molecule has 280 valence electrons. The van der Waals surface area contributed by atoms with E-state index in [1.807, 2.05) is 95.5 Å². The second-order valence-electron chi connectivity index (χ2n) is 13.1. The number of fused-ring (bicyclic) bond motifs is 1. The van der Waals surface area contributed by atoms with Gasteiger partial charge >= 0.3 is 6.03 Å². The lowest BCUT2D eigenvalue weighted by molar-refractivity contribution is -0.179. The van der Waals surface area contributed by atoms with Gasteiger partial charge in [0.05, 0.1) is 6.04 Å². The molecule has 0 aliphatic heterocycles. The van der Waals surface area contributed by atoms with E-state index >= 15 is 0 Å². The first-order valence-corrected chi connectivity index (χ1v) is 18.6. The van der Waals surface area contributed by atoms with Crippen LogP contribution in [-0.2, 0) is 43.4 Å². The van der Waals surface area contributed by atoms with Gasteiger partial charge in [-0.2, -0.15) is 0 Å². The Morgan fingerprint density at radius 1 is 0.904 bits per heavy atom. The lowest BCUT2D eigenvalue weighted by Crippen LogP contribution is -2.55. The molecule has 0 aliphatic carbocycles. The van der Waals surface area contributed by atoms with E-state index in [4.69, 9.17) is 30.6 Å². The van der Waals surface area contributed by atoms with Crippen LogP contribution in [0.5, 0.6) is 5.75 Å². The van der Waals surface area contributed by atoms with Crippen molar-refractivity contribution in [3.8, 4) is 5.75 Å². The Bertz CT molecular complexity index is 1740. The molecule has 0 bridgehead atoms. The Morgan fingerprint density at radius 2 is 1.56 bits per heavy atom. The molecular formula is C39H49ClN4O7S. The number of rotatable bonds is 18. The summed E-state index contributed by atoms with van der Waals surface area (Å²) in [6, 6.07) is 20.3. The smallest absolute Gasteiger partial charge is 0.338 e. The Kier molecular flexibility index (Phi) is 15.3. The molecule has 2 atom stereocenters. The third kappa shape index (κ3) is 12.5. The molecule has 0 spiro atoms. The number of nitrogens with one attached hydrogen (secondary N) is 3. The summed E-state index contributed by atoms with van der Waals surface area (Å²) >= 11 is 7.53. The van der Waals surface area contributed by atoms with Crippen LogP contribution in [0.4, 0.5) is 4.79 Å². The molecule has 1 heterocycles. The summed E-state index contributed by atoms with van der Waals surface area (Å²) in [5, 5.41) is 9.20. The van der Waals surface area contributed by atoms with Gasteiger partial charge in [0.1, 0.15) is 17.4 Å². The Hall–Kier alpha value is -4.20. The minimum atomic E-state index is -1.000. The van der Waals surface area contributed by atoms with E-state index in [0.29, 0.717) is 24.0 Å². The number of carbonyl (C=O) groups excluding carboxylic acids is 3. The molecule has 0 radical (unpaired) electrons. The first-order chi connectivity index (χ1) is 24.9. The number of carbonyl (C=O) groups is 3. The molecule has 0 saturated heterocycles. The van der Waals surface area contributed by atoms with Gasteiger partial charge in [0, 0.05) is 42.4 Å². The van der Waals surface area contributed by atoms with Crippen molar-refractivity contribution >= 4 is 50.9 Å². The zero-order chi connectivity index (χ0) is 37.7. The van der Waals surface area contributed by atoms with Crippen molar-refractivity contribution in [2.75, 3.05) is 19.8 Å². The minimum Gasteiger partial charge on any atom is -0.488 e. The number of halogens is 1. The molecule has 11 nitrogen and oxygen atoms in total. The fraction of sp³-hybridized carbons (Fsp3) is 0.410. The first-order valence-electron chi connectivity index (χ1n) is 17.3. The summed E-state index contributed by atoms with van der Waals surface area (Å²) in [5.41, 5.74) is 4.46. The van der Waals surface area contributed by atoms with Crippen LogP contribution in [0, 0.1) is 0 Å². The van der Waals surface area contributed by atoms with Gasteiger partial charge in [-0.15, -0.1) is 11.3 Å². The summed E-state index contributed by atoms with van der Waals surface area (Å²) < 4.78 is 19.0. The summed E-state index contributed by atoms with van der Waals surface area (Å²) in [6.45, 7) is 12.3. The molecule has 52 heavy (non-hydrogen) atoms. The predicted octanol–water partition coefficient (Wildman–Crippen LogP) is 7.01. The highest BCUT2D eigenvalue weighted by Crippen LogP contribution is 2.28. The van der Waals surface area contributed by atoms with E-state index in [1.165, 1.54) is 0 Å². The van der Waals surface area contributed by atoms with Crippen LogP contribution >= 0.6 is 22.9 Å². The highest BCUT2D eigenvalue weighted by atomic mass is 35.5.